The summed E-state index contributed by atoms with van der Waals surface area (Å²) in [5, 5.41) is 2.46. The van der Waals surface area contributed by atoms with Crippen molar-refractivity contribution in [2.45, 2.75) is 4.90 Å². The number of carbonyl (C=O) groups is 1. The molecule has 0 unspecified atom stereocenters. The van der Waals surface area contributed by atoms with E-state index in [1.54, 1.807) is 60.9 Å². The van der Waals surface area contributed by atoms with Crippen LogP contribution in [0.4, 0.5) is 11.4 Å². The molecule has 0 aliphatic heterocycles. The molecule has 0 spiro atoms. The lowest BCUT2D eigenvalue weighted by atomic mass is 10.3. The van der Waals surface area contributed by atoms with E-state index in [1.807, 2.05) is 0 Å². The molecule has 2 aromatic carbocycles. The molecule has 1 heterocycles. The smallest absolute Gasteiger partial charge is 0.262 e. The van der Waals surface area contributed by atoms with Crippen molar-refractivity contribution >= 4 is 27.8 Å². The monoisotopic (exact) mass is 415 g/mol. The Bertz CT molecular complexity index is 1010. The topological polar surface area (TPSA) is 107 Å². The van der Waals surface area contributed by atoms with Gasteiger partial charge in [-0.2, -0.15) is 0 Å². The summed E-state index contributed by atoms with van der Waals surface area (Å²) in [6, 6.07) is 16.6. The lowest BCUT2D eigenvalue weighted by Crippen LogP contribution is -2.13. The van der Waals surface area contributed by atoms with Crippen molar-refractivity contribution < 1.29 is 22.7 Å². The molecule has 0 saturated carbocycles. The average Bonchev–Trinajstić information content (AvgIpc) is 2.75. The molecule has 3 rings (SSSR count). The van der Waals surface area contributed by atoms with Crippen LogP contribution >= 0.6 is 0 Å². The van der Waals surface area contributed by atoms with Crippen LogP contribution < -0.4 is 19.5 Å². The highest BCUT2D eigenvalue weighted by Crippen LogP contribution is 2.30. The quantitative estimate of drug-likeness (QED) is 0.574. The van der Waals surface area contributed by atoms with Crippen molar-refractivity contribution in [2.24, 2.45) is 0 Å². The first kappa shape index (κ1) is 21.7. The van der Waals surface area contributed by atoms with Crippen molar-refractivity contribution in [3.63, 3.8) is 0 Å². The van der Waals surface area contributed by atoms with E-state index in [1.165, 1.54) is 26.4 Å². The first-order valence-corrected chi connectivity index (χ1v) is 9.88. The van der Waals surface area contributed by atoms with Crippen molar-refractivity contribution in [1.82, 2.24) is 4.98 Å². The maximum Gasteiger partial charge on any atom is 0.262 e. The Labute approximate surface area is 169 Å². The maximum absolute atomic E-state index is 12.3. The molecule has 29 heavy (non-hydrogen) atoms. The number of sulfonamides is 1. The number of anilines is 2. The van der Waals surface area contributed by atoms with Crippen molar-refractivity contribution in [2.75, 3.05) is 24.3 Å². The third kappa shape index (κ3) is 6.51. The van der Waals surface area contributed by atoms with Crippen LogP contribution in [-0.2, 0) is 14.8 Å². The van der Waals surface area contributed by atoms with E-state index in [0.29, 0.717) is 29.3 Å². The molecule has 0 bridgehead atoms. The molecule has 0 aliphatic carbocycles. The molecule has 0 saturated heterocycles. The minimum atomic E-state index is -3.66. The third-order valence-corrected chi connectivity index (χ3v) is 4.97. The zero-order chi connectivity index (χ0) is 21.1. The summed E-state index contributed by atoms with van der Waals surface area (Å²) in [4.78, 5) is 13.8. The van der Waals surface area contributed by atoms with Crippen molar-refractivity contribution in [3.05, 3.63) is 73.1 Å². The first-order chi connectivity index (χ1) is 14.0. The fraction of sp³-hybridized carbons (Fsp3) is 0.100. The fourth-order valence-electron chi connectivity index (χ4n) is 2.21. The third-order valence-electron chi connectivity index (χ3n) is 3.59. The fourth-order valence-corrected chi connectivity index (χ4v) is 3.30. The number of amides is 1. The normalized spacial score (nSPS) is 10.1. The lowest BCUT2D eigenvalue weighted by molar-refractivity contribution is -0.105. The molecule has 1 aromatic heterocycles. The molecule has 2 N–H and O–H groups in total. The van der Waals surface area contributed by atoms with Crippen LogP contribution in [0.25, 0.3) is 0 Å². The van der Waals surface area contributed by atoms with Gasteiger partial charge in [-0.05, 0) is 36.4 Å². The summed E-state index contributed by atoms with van der Waals surface area (Å²) in [6.45, 7) is 0. The van der Waals surface area contributed by atoms with E-state index < -0.39 is 10.0 Å². The van der Waals surface area contributed by atoms with Gasteiger partial charge in [0.1, 0.15) is 11.5 Å². The van der Waals surface area contributed by atoms with E-state index in [9.17, 15) is 13.2 Å². The SMILES string of the molecule is COc1ccc(OC)c(NS(=O)(=O)c2ccccc2)c1.O=CNc1cccnc1. The molecule has 0 atom stereocenters. The van der Waals surface area contributed by atoms with Crippen molar-refractivity contribution in [1.29, 1.82) is 0 Å². The Morgan fingerprint density at radius 1 is 0.966 bits per heavy atom. The van der Waals surface area contributed by atoms with Gasteiger partial charge >= 0.3 is 0 Å². The maximum atomic E-state index is 12.3. The van der Waals surface area contributed by atoms with Crippen LogP contribution in [0.3, 0.4) is 0 Å². The zero-order valence-corrected chi connectivity index (χ0v) is 16.7. The second-order valence-electron chi connectivity index (χ2n) is 5.49. The number of rotatable bonds is 7. The molecule has 9 heteroatoms. The van der Waals surface area contributed by atoms with E-state index >= 15 is 0 Å². The summed E-state index contributed by atoms with van der Waals surface area (Å²) in [6.07, 6.45) is 3.85. The summed E-state index contributed by atoms with van der Waals surface area (Å²) in [7, 11) is -0.671. The standard InChI is InChI=1S/C14H15NO4S.C6H6N2O/c1-18-11-8-9-14(19-2)13(10-11)15-20(16,17)12-6-4-3-5-7-12;9-5-8-6-2-1-3-7-4-6/h3-10,15H,1-2H3;1-5H,(H,8,9). The van der Waals surface area contributed by atoms with Gasteiger partial charge in [0.05, 0.1) is 36.7 Å². The number of benzene rings is 2. The number of ether oxygens (including phenoxy) is 2. The Kier molecular flexibility index (Phi) is 7.99. The summed E-state index contributed by atoms with van der Waals surface area (Å²) in [5.74, 6) is 0.960. The van der Waals surface area contributed by atoms with Gasteiger partial charge in [-0.15, -0.1) is 0 Å². The zero-order valence-electron chi connectivity index (χ0n) is 15.9. The van der Waals surface area contributed by atoms with Gasteiger partial charge < -0.3 is 14.8 Å². The average molecular weight is 415 g/mol. The number of carbonyl (C=O) groups excluding carboxylic acids is 1. The van der Waals surface area contributed by atoms with Crippen LogP contribution in [0.15, 0.2) is 78.0 Å². The van der Waals surface area contributed by atoms with E-state index in [0.717, 1.165) is 0 Å². The molecule has 8 nitrogen and oxygen atoms in total. The largest absolute Gasteiger partial charge is 0.497 e. The molecular weight excluding hydrogens is 394 g/mol. The van der Waals surface area contributed by atoms with Gasteiger partial charge in [0.25, 0.3) is 10.0 Å². The summed E-state index contributed by atoms with van der Waals surface area (Å²) >= 11 is 0. The molecule has 3 aromatic rings. The molecule has 0 fully saturated rings. The predicted molar refractivity (Wildman–Crippen MR) is 111 cm³/mol. The van der Waals surface area contributed by atoms with Crippen LogP contribution in [-0.4, -0.2) is 34.0 Å². The highest BCUT2D eigenvalue weighted by molar-refractivity contribution is 7.92. The Morgan fingerprint density at radius 2 is 1.72 bits per heavy atom. The van der Waals surface area contributed by atoms with E-state index in [4.69, 9.17) is 9.47 Å². The minimum absolute atomic E-state index is 0.185. The highest BCUT2D eigenvalue weighted by Gasteiger charge is 2.16. The number of nitrogens with zero attached hydrogens (tertiary/aromatic N) is 1. The van der Waals surface area contributed by atoms with Crippen LogP contribution in [0.1, 0.15) is 0 Å². The minimum Gasteiger partial charge on any atom is -0.497 e. The number of pyridine rings is 1. The molecule has 0 aliphatic rings. The van der Waals surface area contributed by atoms with Crippen molar-refractivity contribution in [3.8, 4) is 11.5 Å². The van der Waals surface area contributed by atoms with E-state index in [2.05, 4.69) is 15.0 Å². The van der Waals surface area contributed by atoms with Gasteiger partial charge in [-0.3, -0.25) is 14.5 Å². The number of hydrogen-bond donors (Lipinski definition) is 2. The number of methoxy groups -OCH3 is 2. The highest BCUT2D eigenvalue weighted by atomic mass is 32.2. The second kappa shape index (κ2) is 10.7. The van der Waals surface area contributed by atoms with Crippen LogP contribution in [0.5, 0.6) is 11.5 Å². The van der Waals surface area contributed by atoms with Crippen LogP contribution in [0, 0.1) is 0 Å². The molecule has 152 valence electrons. The van der Waals surface area contributed by atoms with Gasteiger partial charge in [0.2, 0.25) is 6.41 Å². The molecule has 0 radical (unpaired) electrons. The number of aromatic nitrogens is 1. The lowest BCUT2D eigenvalue weighted by Gasteiger charge is -2.13. The molecule has 1 amide bonds. The van der Waals surface area contributed by atoms with Gasteiger partial charge in [-0.25, -0.2) is 8.42 Å². The van der Waals surface area contributed by atoms with Gasteiger partial charge in [0, 0.05) is 12.3 Å². The second-order valence-corrected chi connectivity index (χ2v) is 7.17. The predicted octanol–water partition coefficient (Wildman–Crippen LogP) is 3.15. The van der Waals surface area contributed by atoms with Gasteiger partial charge in [0.15, 0.2) is 0 Å². The Hall–Kier alpha value is -3.59. The summed E-state index contributed by atoms with van der Waals surface area (Å²) in [5.41, 5.74) is 1.04. The Balaban J connectivity index is 0.000000278. The number of nitrogens with one attached hydrogen (secondary N) is 2. The Morgan fingerprint density at radius 3 is 2.31 bits per heavy atom. The van der Waals surface area contributed by atoms with E-state index in [-0.39, 0.29) is 4.90 Å². The first-order valence-electron chi connectivity index (χ1n) is 8.40. The summed E-state index contributed by atoms with van der Waals surface area (Å²) < 4.78 is 37.2. The van der Waals surface area contributed by atoms with Crippen LogP contribution in [0.2, 0.25) is 0 Å². The molecular formula is C20H21N3O5S. The van der Waals surface area contributed by atoms with Gasteiger partial charge in [-0.1, -0.05) is 18.2 Å². The number of hydrogen-bond acceptors (Lipinski definition) is 6.